The van der Waals surface area contributed by atoms with E-state index in [0.717, 1.165) is 10.9 Å². The number of aromatic hydroxyl groups is 1. The molecule has 2 aromatic carbocycles. The lowest BCUT2D eigenvalue weighted by atomic mass is 10.2. The molecule has 0 bridgehead atoms. The number of nitrogens with one attached hydrogen (secondary N) is 2. The first-order valence-electron chi connectivity index (χ1n) is 6.11. The van der Waals surface area contributed by atoms with Crippen molar-refractivity contribution >= 4 is 45.7 Å². The fraction of sp³-hybridized carbons (Fsp3) is 0. The minimum Gasteiger partial charge on any atom is -0.506 e. The topological polar surface area (TPSA) is 65.1 Å². The maximum Gasteiger partial charge on any atom is 0.272 e. The van der Waals surface area contributed by atoms with Crippen molar-refractivity contribution in [2.24, 2.45) is 0 Å². The number of carbonyl (C=O) groups excluding carboxylic acids is 1. The third kappa shape index (κ3) is 2.82. The molecule has 3 rings (SSSR count). The van der Waals surface area contributed by atoms with Crippen LogP contribution in [0.4, 0.5) is 5.69 Å². The average Bonchev–Trinajstić information content (AvgIpc) is 2.86. The number of hydrogen-bond acceptors (Lipinski definition) is 2. The number of fused-ring (bicyclic) bond motifs is 1. The summed E-state index contributed by atoms with van der Waals surface area (Å²) in [5, 5.41) is 14.2. The van der Waals surface area contributed by atoms with E-state index in [1.165, 1.54) is 18.2 Å². The van der Waals surface area contributed by atoms with Crippen molar-refractivity contribution in [3.05, 3.63) is 58.2 Å². The second-order valence-electron chi connectivity index (χ2n) is 4.53. The summed E-state index contributed by atoms with van der Waals surface area (Å²) in [6.07, 6.45) is 0. The Balaban J connectivity index is 1.91. The van der Waals surface area contributed by atoms with Gasteiger partial charge in [-0.15, -0.1) is 0 Å². The number of carbonyl (C=O) groups is 1. The highest BCUT2D eigenvalue weighted by molar-refractivity contribution is 6.31. The van der Waals surface area contributed by atoms with Crippen LogP contribution in [0.1, 0.15) is 10.5 Å². The van der Waals surface area contributed by atoms with Crippen molar-refractivity contribution in [3.8, 4) is 5.75 Å². The molecule has 0 aliphatic heterocycles. The van der Waals surface area contributed by atoms with Gasteiger partial charge in [-0.25, -0.2) is 0 Å². The molecule has 0 radical (unpaired) electrons. The lowest BCUT2D eigenvalue weighted by Crippen LogP contribution is -2.12. The van der Waals surface area contributed by atoms with E-state index < -0.39 is 0 Å². The van der Waals surface area contributed by atoms with E-state index in [1.807, 2.05) is 6.07 Å². The molecule has 1 aromatic heterocycles. The number of aromatic amines is 1. The Morgan fingerprint density at radius 3 is 2.57 bits per heavy atom. The van der Waals surface area contributed by atoms with Gasteiger partial charge in [0, 0.05) is 20.9 Å². The Morgan fingerprint density at radius 1 is 1.05 bits per heavy atom. The van der Waals surface area contributed by atoms with Gasteiger partial charge in [-0.1, -0.05) is 29.3 Å². The van der Waals surface area contributed by atoms with Crippen molar-refractivity contribution in [3.63, 3.8) is 0 Å². The van der Waals surface area contributed by atoms with E-state index in [4.69, 9.17) is 23.2 Å². The number of hydrogen-bond donors (Lipinski definition) is 3. The standard InChI is InChI=1S/C15H10Cl2N2O2/c16-9-2-1-8-5-13(18-11(8)6-9)15(21)19-12-7-10(17)3-4-14(12)20/h1-7,18,20H,(H,19,21). The van der Waals surface area contributed by atoms with Gasteiger partial charge < -0.3 is 15.4 Å². The normalized spacial score (nSPS) is 10.8. The average molecular weight is 321 g/mol. The largest absolute Gasteiger partial charge is 0.506 e. The van der Waals surface area contributed by atoms with Gasteiger partial charge in [0.2, 0.25) is 0 Å². The Kier molecular flexibility index (Phi) is 3.49. The third-order valence-electron chi connectivity index (χ3n) is 3.04. The molecule has 0 saturated heterocycles. The lowest BCUT2D eigenvalue weighted by Gasteiger charge is -2.06. The van der Waals surface area contributed by atoms with Gasteiger partial charge in [-0.2, -0.15) is 0 Å². The lowest BCUT2D eigenvalue weighted by molar-refractivity contribution is 0.102. The van der Waals surface area contributed by atoms with Gasteiger partial charge in [0.25, 0.3) is 5.91 Å². The number of phenolic OH excluding ortho intramolecular Hbond substituents is 1. The zero-order valence-corrected chi connectivity index (χ0v) is 12.2. The highest BCUT2D eigenvalue weighted by Gasteiger charge is 2.12. The zero-order chi connectivity index (χ0) is 15.0. The first-order valence-corrected chi connectivity index (χ1v) is 6.87. The molecule has 1 amide bonds. The third-order valence-corrected chi connectivity index (χ3v) is 3.51. The number of amides is 1. The number of aromatic nitrogens is 1. The highest BCUT2D eigenvalue weighted by Crippen LogP contribution is 2.27. The molecule has 3 N–H and O–H groups in total. The summed E-state index contributed by atoms with van der Waals surface area (Å²) in [6.45, 7) is 0. The SMILES string of the molecule is O=C(Nc1cc(Cl)ccc1O)c1cc2ccc(Cl)cc2[nH]1. The summed E-state index contributed by atoms with van der Waals surface area (Å²) >= 11 is 11.8. The highest BCUT2D eigenvalue weighted by atomic mass is 35.5. The van der Waals surface area contributed by atoms with Gasteiger partial charge in [0.05, 0.1) is 5.69 Å². The fourth-order valence-electron chi connectivity index (χ4n) is 2.02. The summed E-state index contributed by atoms with van der Waals surface area (Å²) in [5.74, 6) is -0.424. The number of H-pyrrole nitrogens is 1. The molecule has 0 fully saturated rings. The van der Waals surface area contributed by atoms with Crippen LogP contribution in [-0.2, 0) is 0 Å². The predicted octanol–water partition coefficient (Wildman–Crippen LogP) is 4.43. The number of halogens is 2. The molecular formula is C15H10Cl2N2O2. The van der Waals surface area contributed by atoms with Crippen LogP contribution in [0.5, 0.6) is 5.75 Å². The van der Waals surface area contributed by atoms with Crippen molar-refractivity contribution in [2.75, 3.05) is 5.32 Å². The van der Waals surface area contributed by atoms with E-state index >= 15 is 0 Å². The first-order chi connectivity index (χ1) is 10.0. The maximum absolute atomic E-state index is 12.2. The van der Waals surface area contributed by atoms with Crippen LogP contribution >= 0.6 is 23.2 Å². The van der Waals surface area contributed by atoms with Crippen LogP contribution in [0.15, 0.2) is 42.5 Å². The smallest absolute Gasteiger partial charge is 0.272 e. The summed E-state index contributed by atoms with van der Waals surface area (Å²) in [6, 6.07) is 11.5. The zero-order valence-electron chi connectivity index (χ0n) is 10.7. The van der Waals surface area contributed by atoms with Gasteiger partial charge in [0.15, 0.2) is 0 Å². The fourth-order valence-corrected chi connectivity index (χ4v) is 2.36. The van der Waals surface area contributed by atoms with E-state index in [2.05, 4.69) is 10.3 Å². The minimum atomic E-state index is -0.375. The number of rotatable bonds is 2. The van der Waals surface area contributed by atoms with E-state index in [9.17, 15) is 9.90 Å². The Morgan fingerprint density at radius 2 is 1.76 bits per heavy atom. The molecule has 0 unspecified atom stereocenters. The van der Waals surface area contributed by atoms with Crippen LogP contribution in [0.3, 0.4) is 0 Å². The van der Waals surface area contributed by atoms with E-state index in [-0.39, 0.29) is 17.3 Å². The maximum atomic E-state index is 12.2. The Labute approximate surface area is 130 Å². The molecule has 0 aliphatic carbocycles. The molecule has 21 heavy (non-hydrogen) atoms. The molecule has 1 heterocycles. The summed E-state index contributed by atoms with van der Waals surface area (Å²) in [7, 11) is 0. The van der Waals surface area contributed by atoms with Crippen LogP contribution in [-0.4, -0.2) is 16.0 Å². The molecule has 0 spiro atoms. The predicted molar refractivity (Wildman–Crippen MR) is 84.4 cm³/mol. The summed E-state index contributed by atoms with van der Waals surface area (Å²) in [4.78, 5) is 15.2. The van der Waals surface area contributed by atoms with Crippen molar-refractivity contribution in [1.29, 1.82) is 0 Å². The minimum absolute atomic E-state index is 0.0492. The van der Waals surface area contributed by atoms with Crippen LogP contribution in [0.2, 0.25) is 10.0 Å². The van der Waals surface area contributed by atoms with Crippen LogP contribution < -0.4 is 5.32 Å². The monoisotopic (exact) mass is 320 g/mol. The molecule has 6 heteroatoms. The van der Waals surface area contributed by atoms with E-state index in [1.54, 1.807) is 18.2 Å². The number of phenols is 1. The van der Waals surface area contributed by atoms with Gasteiger partial charge >= 0.3 is 0 Å². The molecular weight excluding hydrogens is 311 g/mol. The molecule has 4 nitrogen and oxygen atoms in total. The van der Waals surface area contributed by atoms with Crippen molar-refractivity contribution < 1.29 is 9.90 Å². The van der Waals surface area contributed by atoms with Crippen LogP contribution in [0.25, 0.3) is 10.9 Å². The second kappa shape index (κ2) is 5.31. The Bertz CT molecular complexity index is 843. The molecule has 0 aliphatic rings. The first kappa shape index (κ1) is 13.8. The number of anilines is 1. The van der Waals surface area contributed by atoms with Crippen LogP contribution in [0, 0.1) is 0 Å². The Hall–Kier alpha value is -2.17. The molecule has 3 aromatic rings. The van der Waals surface area contributed by atoms with Crippen molar-refractivity contribution in [2.45, 2.75) is 0 Å². The summed E-state index contributed by atoms with van der Waals surface area (Å²) < 4.78 is 0. The molecule has 0 saturated carbocycles. The van der Waals surface area contributed by atoms with E-state index in [0.29, 0.717) is 15.7 Å². The van der Waals surface area contributed by atoms with Crippen molar-refractivity contribution in [1.82, 2.24) is 4.98 Å². The quantitative estimate of drug-likeness (QED) is 0.611. The van der Waals surface area contributed by atoms with Gasteiger partial charge in [-0.3, -0.25) is 4.79 Å². The summed E-state index contributed by atoms with van der Waals surface area (Å²) in [5.41, 5.74) is 1.39. The van der Waals surface area contributed by atoms with Gasteiger partial charge in [-0.05, 0) is 36.4 Å². The number of benzene rings is 2. The molecule has 106 valence electrons. The molecule has 0 atom stereocenters. The van der Waals surface area contributed by atoms with Gasteiger partial charge in [0.1, 0.15) is 11.4 Å². The second-order valence-corrected chi connectivity index (χ2v) is 5.40.